The normalized spacial score (nSPS) is 23.7. The van der Waals surface area contributed by atoms with Gasteiger partial charge in [-0.05, 0) is 18.8 Å². The molecule has 1 fully saturated rings. The number of methoxy groups -OCH3 is 1. The van der Waals surface area contributed by atoms with E-state index < -0.39 is 30.0 Å². The Morgan fingerprint density at radius 3 is 2.63 bits per heavy atom. The number of amides is 1. The largest absolute Gasteiger partial charge is 0.480 e. The Morgan fingerprint density at radius 1 is 1.47 bits per heavy atom. The molecular formula is C12H19NO6. The molecule has 19 heavy (non-hydrogen) atoms. The molecule has 0 spiro atoms. The van der Waals surface area contributed by atoms with E-state index in [2.05, 4.69) is 10.1 Å². The molecule has 108 valence electrons. The molecule has 2 N–H and O–H groups in total. The lowest BCUT2D eigenvalue weighted by Gasteiger charge is -2.18. The van der Waals surface area contributed by atoms with Gasteiger partial charge in [0, 0.05) is 13.0 Å². The van der Waals surface area contributed by atoms with Crippen LogP contribution in [0.1, 0.15) is 26.2 Å². The Bertz CT molecular complexity index is 356. The van der Waals surface area contributed by atoms with Crippen LogP contribution in [0.25, 0.3) is 0 Å². The minimum Gasteiger partial charge on any atom is -0.480 e. The fraction of sp³-hybridized carbons (Fsp3) is 0.750. The van der Waals surface area contributed by atoms with E-state index in [-0.39, 0.29) is 18.8 Å². The first kappa shape index (κ1) is 15.4. The number of carbonyl (C=O) groups is 3. The van der Waals surface area contributed by atoms with Crippen LogP contribution < -0.4 is 5.32 Å². The Labute approximate surface area is 111 Å². The summed E-state index contributed by atoms with van der Waals surface area (Å²) in [6.45, 7) is 2.38. The van der Waals surface area contributed by atoms with Crippen molar-refractivity contribution in [3.05, 3.63) is 0 Å². The predicted octanol–water partition coefficient (Wildman–Crippen LogP) is -0.0660. The number of carboxylic acids is 1. The van der Waals surface area contributed by atoms with E-state index in [9.17, 15) is 14.4 Å². The zero-order chi connectivity index (χ0) is 14.4. The quantitative estimate of drug-likeness (QED) is 0.657. The number of rotatable bonds is 6. The van der Waals surface area contributed by atoms with E-state index in [1.807, 2.05) is 6.92 Å². The van der Waals surface area contributed by atoms with E-state index in [1.165, 1.54) is 7.11 Å². The van der Waals surface area contributed by atoms with Crippen LogP contribution in [0.4, 0.5) is 0 Å². The van der Waals surface area contributed by atoms with E-state index in [4.69, 9.17) is 9.84 Å². The molecule has 7 heteroatoms. The molecule has 0 aromatic carbocycles. The molecule has 0 aliphatic carbocycles. The van der Waals surface area contributed by atoms with Crippen LogP contribution in [-0.4, -0.2) is 48.8 Å². The number of hydrogen-bond donors (Lipinski definition) is 2. The molecule has 0 radical (unpaired) electrons. The molecule has 0 aromatic rings. The maximum absolute atomic E-state index is 11.9. The average Bonchev–Trinajstić information content (AvgIpc) is 2.79. The molecule has 3 atom stereocenters. The third kappa shape index (κ3) is 4.51. The summed E-state index contributed by atoms with van der Waals surface area (Å²) in [5.74, 6) is -2.06. The summed E-state index contributed by atoms with van der Waals surface area (Å²) in [6.07, 6.45) is 0.0988. The van der Waals surface area contributed by atoms with Crippen molar-refractivity contribution in [1.29, 1.82) is 0 Å². The highest BCUT2D eigenvalue weighted by molar-refractivity contribution is 5.87. The number of ether oxygens (including phenoxy) is 2. The number of aliphatic carboxylic acids is 1. The Balaban J connectivity index is 2.51. The maximum Gasteiger partial charge on any atom is 0.326 e. The Hall–Kier alpha value is -1.63. The number of hydrogen-bond acceptors (Lipinski definition) is 5. The van der Waals surface area contributed by atoms with Crippen LogP contribution >= 0.6 is 0 Å². The van der Waals surface area contributed by atoms with Crippen molar-refractivity contribution in [2.24, 2.45) is 5.92 Å². The topological polar surface area (TPSA) is 102 Å². The standard InChI is InChI=1S/C12H19NO6/c1-7-5-6-19-10(7)11(15)13-8(12(16)17)3-4-9(14)18-2/h7-8,10H,3-6H2,1-2H3,(H,13,15)(H,16,17)/t7?,8-,10?/m1/s1. The summed E-state index contributed by atoms with van der Waals surface area (Å²) in [7, 11) is 1.23. The summed E-state index contributed by atoms with van der Waals surface area (Å²) in [5.41, 5.74) is 0. The second-order valence-electron chi connectivity index (χ2n) is 4.57. The van der Waals surface area contributed by atoms with E-state index in [0.29, 0.717) is 6.61 Å². The number of carboxylic acid groups (broad SMARTS) is 1. The summed E-state index contributed by atoms with van der Waals surface area (Å²) < 4.78 is 9.69. The zero-order valence-corrected chi connectivity index (χ0v) is 11.0. The maximum atomic E-state index is 11.9. The highest BCUT2D eigenvalue weighted by atomic mass is 16.5. The lowest BCUT2D eigenvalue weighted by Crippen LogP contribution is -2.46. The van der Waals surface area contributed by atoms with E-state index in [0.717, 1.165) is 6.42 Å². The van der Waals surface area contributed by atoms with E-state index in [1.54, 1.807) is 0 Å². The number of nitrogens with one attached hydrogen (secondary N) is 1. The highest BCUT2D eigenvalue weighted by Gasteiger charge is 2.33. The van der Waals surface area contributed by atoms with Crippen molar-refractivity contribution >= 4 is 17.8 Å². The molecule has 0 aromatic heterocycles. The molecule has 0 saturated carbocycles. The highest BCUT2D eigenvalue weighted by Crippen LogP contribution is 2.20. The Kier molecular flexibility index (Phi) is 5.75. The van der Waals surface area contributed by atoms with Crippen LogP contribution in [0.2, 0.25) is 0 Å². The third-order valence-corrected chi connectivity index (χ3v) is 3.13. The predicted molar refractivity (Wildman–Crippen MR) is 64.3 cm³/mol. The minimum atomic E-state index is -1.18. The average molecular weight is 273 g/mol. The lowest BCUT2D eigenvalue weighted by atomic mass is 10.0. The minimum absolute atomic E-state index is 0.00511. The van der Waals surface area contributed by atoms with Gasteiger partial charge >= 0.3 is 11.9 Å². The smallest absolute Gasteiger partial charge is 0.326 e. The van der Waals surface area contributed by atoms with Crippen molar-refractivity contribution in [2.45, 2.75) is 38.3 Å². The summed E-state index contributed by atoms with van der Waals surface area (Å²) in [5, 5.41) is 11.4. The summed E-state index contributed by atoms with van der Waals surface area (Å²) in [6, 6.07) is -1.11. The van der Waals surface area contributed by atoms with Gasteiger partial charge in [-0.2, -0.15) is 0 Å². The second-order valence-corrected chi connectivity index (χ2v) is 4.57. The SMILES string of the molecule is COC(=O)CC[C@@H](NC(=O)C1OCCC1C)C(=O)O. The van der Waals surface area contributed by atoms with Crippen molar-refractivity contribution in [2.75, 3.05) is 13.7 Å². The van der Waals surface area contributed by atoms with Crippen LogP contribution in [0.5, 0.6) is 0 Å². The van der Waals surface area contributed by atoms with Crippen LogP contribution in [0, 0.1) is 5.92 Å². The van der Waals surface area contributed by atoms with Crippen molar-refractivity contribution < 1.29 is 29.0 Å². The van der Waals surface area contributed by atoms with Gasteiger partial charge in [0.2, 0.25) is 5.91 Å². The third-order valence-electron chi connectivity index (χ3n) is 3.13. The number of carbonyl (C=O) groups excluding carboxylic acids is 2. The molecule has 1 aliphatic heterocycles. The van der Waals surface area contributed by atoms with Gasteiger partial charge in [-0.25, -0.2) is 4.79 Å². The van der Waals surface area contributed by atoms with Crippen LogP contribution in [-0.2, 0) is 23.9 Å². The molecule has 2 unspecified atom stereocenters. The van der Waals surface area contributed by atoms with Gasteiger partial charge < -0.3 is 19.9 Å². The lowest BCUT2D eigenvalue weighted by molar-refractivity contribution is -0.145. The van der Waals surface area contributed by atoms with Gasteiger partial charge in [0.15, 0.2) is 0 Å². The first-order chi connectivity index (χ1) is 8.95. The monoisotopic (exact) mass is 273 g/mol. The molecular weight excluding hydrogens is 254 g/mol. The fourth-order valence-corrected chi connectivity index (χ4v) is 1.91. The van der Waals surface area contributed by atoms with Gasteiger partial charge in [0.1, 0.15) is 12.1 Å². The molecule has 1 saturated heterocycles. The van der Waals surface area contributed by atoms with E-state index >= 15 is 0 Å². The van der Waals surface area contributed by atoms with Gasteiger partial charge in [0.25, 0.3) is 0 Å². The summed E-state index contributed by atoms with van der Waals surface area (Å²) in [4.78, 5) is 33.9. The van der Waals surface area contributed by atoms with Gasteiger partial charge in [0.05, 0.1) is 7.11 Å². The first-order valence-corrected chi connectivity index (χ1v) is 6.17. The van der Waals surface area contributed by atoms with Crippen molar-refractivity contribution in [1.82, 2.24) is 5.32 Å². The van der Waals surface area contributed by atoms with Gasteiger partial charge in [-0.1, -0.05) is 6.92 Å². The van der Waals surface area contributed by atoms with Gasteiger partial charge in [-0.3, -0.25) is 9.59 Å². The summed E-state index contributed by atoms with van der Waals surface area (Å²) >= 11 is 0. The van der Waals surface area contributed by atoms with Crippen LogP contribution in [0.15, 0.2) is 0 Å². The van der Waals surface area contributed by atoms with Gasteiger partial charge in [-0.15, -0.1) is 0 Å². The zero-order valence-electron chi connectivity index (χ0n) is 11.0. The molecule has 1 aliphatic rings. The molecule has 1 heterocycles. The second kappa shape index (κ2) is 7.08. The molecule has 0 bridgehead atoms. The van der Waals surface area contributed by atoms with Crippen molar-refractivity contribution in [3.63, 3.8) is 0 Å². The van der Waals surface area contributed by atoms with Crippen LogP contribution in [0.3, 0.4) is 0 Å². The Morgan fingerprint density at radius 2 is 2.16 bits per heavy atom. The molecule has 7 nitrogen and oxygen atoms in total. The van der Waals surface area contributed by atoms with Crippen molar-refractivity contribution in [3.8, 4) is 0 Å². The molecule has 1 rings (SSSR count). The molecule has 1 amide bonds. The fourth-order valence-electron chi connectivity index (χ4n) is 1.91. The first-order valence-electron chi connectivity index (χ1n) is 6.17. The number of esters is 1.